The van der Waals surface area contributed by atoms with Crippen molar-refractivity contribution < 1.29 is 9.90 Å². The minimum Gasteiger partial charge on any atom is -0.393 e. The van der Waals surface area contributed by atoms with E-state index in [-0.39, 0.29) is 11.3 Å². The van der Waals surface area contributed by atoms with E-state index in [1.807, 2.05) is 44.2 Å². The number of nitrogens with one attached hydrogen (secondary N) is 1. The maximum atomic E-state index is 12.7. The molecule has 2 N–H and O–H groups in total. The van der Waals surface area contributed by atoms with Crippen LogP contribution in [0.5, 0.6) is 0 Å². The van der Waals surface area contributed by atoms with Crippen LogP contribution >= 0.6 is 0 Å². The van der Waals surface area contributed by atoms with Gasteiger partial charge in [0.05, 0.1) is 6.10 Å². The normalized spacial score (nSPS) is 14.2. The van der Waals surface area contributed by atoms with Crippen molar-refractivity contribution in [3.8, 4) is 0 Å². The van der Waals surface area contributed by atoms with Gasteiger partial charge in [0.15, 0.2) is 0 Å². The van der Waals surface area contributed by atoms with Crippen LogP contribution in [-0.2, 0) is 11.2 Å². The molecule has 2 unspecified atom stereocenters. The first-order valence-corrected chi connectivity index (χ1v) is 8.09. The molecule has 130 valence electrons. The van der Waals surface area contributed by atoms with Crippen LogP contribution in [0.15, 0.2) is 36.7 Å². The molecule has 0 aliphatic heterocycles. The molecule has 2 rings (SSSR count). The van der Waals surface area contributed by atoms with Gasteiger partial charge in [-0.2, -0.15) is 0 Å². The van der Waals surface area contributed by atoms with E-state index in [4.69, 9.17) is 0 Å². The highest BCUT2D eigenvalue weighted by atomic mass is 16.3. The summed E-state index contributed by atoms with van der Waals surface area (Å²) in [6.45, 7) is 6.26. The molecule has 0 spiro atoms. The highest BCUT2D eigenvalue weighted by Gasteiger charge is 2.26. The van der Waals surface area contributed by atoms with E-state index >= 15 is 0 Å². The number of benzene rings is 1. The number of carbonyl (C=O) groups excluding carboxylic acids is 1. The van der Waals surface area contributed by atoms with Gasteiger partial charge in [-0.15, -0.1) is 5.10 Å². The average Bonchev–Trinajstić information content (AvgIpc) is 3.04. The predicted octanol–water partition coefficient (Wildman–Crippen LogP) is 1.37. The number of hydrogen-bond donors (Lipinski definition) is 2. The lowest BCUT2D eigenvalue weighted by Gasteiger charge is -2.27. The van der Waals surface area contributed by atoms with Crippen LogP contribution in [0.2, 0.25) is 0 Å². The van der Waals surface area contributed by atoms with E-state index in [0.29, 0.717) is 19.4 Å². The summed E-state index contributed by atoms with van der Waals surface area (Å²) in [6, 6.07) is 9.26. The smallest absolute Gasteiger partial charge is 0.245 e. The van der Waals surface area contributed by atoms with Gasteiger partial charge in [0.25, 0.3) is 0 Å². The number of tetrazole rings is 1. The Morgan fingerprint density at radius 2 is 2.04 bits per heavy atom. The molecule has 1 heterocycles. The Morgan fingerprint density at radius 1 is 1.33 bits per heavy atom. The van der Waals surface area contributed by atoms with Crippen LogP contribution < -0.4 is 5.32 Å². The van der Waals surface area contributed by atoms with Crippen molar-refractivity contribution in [2.24, 2.45) is 5.41 Å². The molecule has 0 saturated carbocycles. The molecule has 0 bridgehead atoms. The van der Waals surface area contributed by atoms with E-state index in [2.05, 4.69) is 20.8 Å². The fourth-order valence-electron chi connectivity index (χ4n) is 2.77. The van der Waals surface area contributed by atoms with Crippen LogP contribution in [-0.4, -0.2) is 43.9 Å². The summed E-state index contributed by atoms with van der Waals surface area (Å²) in [5.74, 6) is -0.134. The molecule has 1 aromatic carbocycles. The third-order valence-corrected chi connectivity index (χ3v) is 3.85. The van der Waals surface area contributed by atoms with E-state index < -0.39 is 12.1 Å². The Bertz CT molecular complexity index is 626. The zero-order chi connectivity index (χ0) is 17.6. The van der Waals surface area contributed by atoms with Gasteiger partial charge >= 0.3 is 0 Å². The molecule has 1 amide bonds. The lowest BCUT2D eigenvalue weighted by Crippen LogP contribution is -2.40. The van der Waals surface area contributed by atoms with Crippen molar-refractivity contribution in [2.45, 2.75) is 45.8 Å². The molecule has 7 nitrogen and oxygen atoms in total. The van der Waals surface area contributed by atoms with Crippen molar-refractivity contribution in [1.29, 1.82) is 0 Å². The Hall–Kier alpha value is -2.28. The standard InChI is InChI=1S/C17H25N5O2/c1-13(23)10-17(2,3)11-18-16(24)15(22-12-19-20-21-22)9-14-7-5-4-6-8-14/h4-8,12-13,15,23H,9-11H2,1-3H3,(H,18,24). The Kier molecular flexibility index (Phi) is 6.03. The van der Waals surface area contributed by atoms with Gasteiger partial charge in [-0.25, -0.2) is 4.68 Å². The average molecular weight is 331 g/mol. The maximum Gasteiger partial charge on any atom is 0.245 e. The highest BCUT2D eigenvalue weighted by molar-refractivity contribution is 5.80. The van der Waals surface area contributed by atoms with Gasteiger partial charge < -0.3 is 10.4 Å². The van der Waals surface area contributed by atoms with Gasteiger partial charge in [0.1, 0.15) is 12.4 Å². The summed E-state index contributed by atoms with van der Waals surface area (Å²) in [6.07, 6.45) is 2.17. The van der Waals surface area contributed by atoms with E-state index in [1.54, 1.807) is 6.92 Å². The summed E-state index contributed by atoms with van der Waals surface area (Å²) in [5.41, 5.74) is 0.846. The van der Waals surface area contributed by atoms with Crippen LogP contribution in [0.1, 0.15) is 38.8 Å². The maximum absolute atomic E-state index is 12.7. The summed E-state index contributed by atoms with van der Waals surface area (Å²) >= 11 is 0. The van der Waals surface area contributed by atoms with Crippen LogP contribution in [0.25, 0.3) is 0 Å². The highest BCUT2D eigenvalue weighted by Crippen LogP contribution is 2.22. The molecule has 7 heteroatoms. The van der Waals surface area contributed by atoms with Gasteiger partial charge in [-0.3, -0.25) is 4.79 Å². The first-order chi connectivity index (χ1) is 11.4. The van der Waals surface area contributed by atoms with Crippen molar-refractivity contribution in [3.05, 3.63) is 42.2 Å². The zero-order valence-electron chi connectivity index (χ0n) is 14.4. The van der Waals surface area contributed by atoms with E-state index in [9.17, 15) is 9.90 Å². The second-order valence-electron chi connectivity index (χ2n) is 6.93. The number of aliphatic hydroxyl groups is 1. The van der Waals surface area contributed by atoms with Crippen molar-refractivity contribution >= 4 is 5.91 Å². The van der Waals surface area contributed by atoms with Gasteiger partial charge in [0, 0.05) is 13.0 Å². The molecule has 24 heavy (non-hydrogen) atoms. The third kappa shape index (κ3) is 5.42. The molecule has 1 aromatic heterocycles. The van der Waals surface area contributed by atoms with E-state index in [1.165, 1.54) is 11.0 Å². The Morgan fingerprint density at radius 3 is 2.62 bits per heavy atom. The lowest BCUT2D eigenvalue weighted by molar-refractivity contribution is -0.125. The predicted molar refractivity (Wildman–Crippen MR) is 90.1 cm³/mol. The topological polar surface area (TPSA) is 92.9 Å². The number of hydrogen-bond acceptors (Lipinski definition) is 5. The molecule has 2 atom stereocenters. The van der Waals surface area contributed by atoms with Crippen molar-refractivity contribution in [1.82, 2.24) is 25.5 Å². The number of amides is 1. The van der Waals surface area contributed by atoms with Crippen molar-refractivity contribution in [2.75, 3.05) is 6.54 Å². The SMILES string of the molecule is CC(O)CC(C)(C)CNC(=O)C(Cc1ccccc1)n1cnnn1. The van der Waals surface area contributed by atoms with Crippen LogP contribution in [0.4, 0.5) is 0 Å². The third-order valence-electron chi connectivity index (χ3n) is 3.85. The lowest BCUT2D eigenvalue weighted by atomic mass is 9.87. The molecule has 2 aromatic rings. The van der Waals surface area contributed by atoms with Crippen molar-refractivity contribution in [3.63, 3.8) is 0 Å². The number of nitrogens with zero attached hydrogens (tertiary/aromatic N) is 4. The number of rotatable bonds is 8. The van der Waals surface area contributed by atoms with Crippen LogP contribution in [0, 0.1) is 5.41 Å². The summed E-state index contributed by atoms with van der Waals surface area (Å²) in [7, 11) is 0. The van der Waals surface area contributed by atoms with Crippen LogP contribution in [0.3, 0.4) is 0 Å². The van der Waals surface area contributed by atoms with E-state index in [0.717, 1.165) is 5.56 Å². The summed E-state index contributed by atoms with van der Waals surface area (Å²) in [5, 5.41) is 23.7. The minimum absolute atomic E-state index is 0.134. The number of aliphatic hydroxyl groups excluding tert-OH is 1. The molecular weight excluding hydrogens is 306 g/mol. The second kappa shape index (κ2) is 8.01. The Labute approximate surface area is 142 Å². The first kappa shape index (κ1) is 18.1. The first-order valence-electron chi connectivity index (χ1n) is 8.09. The van der Waals surface area contributed by atoms with Gasteiger partial charge in [-0.1, -0.05) is 44.2 Å². The quantitative estimate of drug-likeness (QED) is 0.762. The second-order valence-corrected chi connectivity index (χ2v) is 6.93. The van der Waals surface area contributed by atoms with Gasteiger partial charge in [0.2, 0.25) is 5.91 Å². The molecule has 0 aliphatic carbocycles. The Balaban J connectivity index is 2.05. The molecular formula is C17H25N5O2. The zero-order valence-corrected chi connectivity index (χ0v) is 14.4. The monoisotopic (exact) mass is 331 g/mol. The number of aromatic nitrogens is 4. The number of carbonyl (C=O) groups is 1. The molecule has 0 aliphatic rings. The molecule has 0 saturated heterocycles. The largest absolute Gasteiger partial charge is 0.393 e. The summed E-state index contributed by atoms with van der Waals surface area (Å²) in [4.78, 5) is 12.7. The fourth-order valence-corrected chi connectivity index (χ4v) is 2.77. The minimum atomic E-state index is -0.509. The molecule has 0 radical (unpaired) electrons. The fraction of sp³-hybridized carbons (Fsp3) is 0.529. The molecule has 0 fully saturated rings. The van der Waals surface area contributed by atoms with Gasteiger partial charge in [-0.05, 0) is 34.7 Å². The summed E-state index contributed by atoms with van der Waals surface area (Å²) < 4.78 is 1.48.